The number of aryl methyl sites for hydroxylation is 1. The van der Waals surface area contributed by atoms with Crippen LogP contribution in [0.5, 0.6) is 6.01 Å². The standard InChI is InChI=1S/C29H28F5N9O2/c1-12-7-18-17(10-37-42-18)19(21(12)29(32,33)34)23-22(31)24-20(27(44)39-23)26(38-13(2)16-8-14(30)9-36-25(16)35)41-28(40-24)45-11-15-5-4-6-43(15)3/h7-10,13,15H,4-6,11H2,1-3H3,(H2,35,36)(H,37,42)(H,39,44)(H,38,40,41)/t13-,15-/m1/s1. The number of H-pyrrole nitrogens is 2. The van der Waals surface area contributed by atoms with Crippen molar-refractivity contribution in [2.45, 2.75) is 44.9 Å². The summed E-state index contributed by atoms with van der Waals surface area (Å²) in [5, 5.41) is 8.92. The van der Waals surface area contributed by atoms with Crippen LogP contribution < -0.4 is 21.3 Å². The zero-order chi connectivity index (χ0) is 32.2. The number of nitrogens with two attached hydrogens (primary N) is 1. The van der Waals surface area contributed by atoms with Crippen LogP contribution in [0.4, 0.5) is 33.6 Å². The number of likely N-dealkylation sites (N-methyl/N-ethyl adjacent to an activating group) is 1. The van der Waals surface area contributed by atoms with Gasteiger partial charge in [0, 0.05) is 22.6 Å². The van der Waals surface area contributed by atoms with Gasteiger partial charge >= 0.3 is 12.2 Å². The number of hydrogen-bond donors (Lipinski definition) is 4. The van der Waals surface area contributed by atoms with Crippen molar-refractivity contribution >= 4 is 33.4 Å². The van der Waals surface area contributed by atoms with Crippen molar-refractivity contribution in [3.8, 4) is 17.3 Å². The fourth-order valence-corrected chi connectivity index (χ4v) is 5.81. The highest BCUT2D eigenvalue weighted by molar-refractivity contribution is 5.99. The number of nitrogen functional groups attached to an aromatic ring is 1. The van der Waals surface area contributed by atoms with Gasteiger partial charge in [0.1, 0.15) is 35.0 Å². The summed E-state index contributed by atoms with van der Waals surface area (Å²) in [5.41, 5.74) is 2.15. The van der Waals surface area contributed by atoms with Gasteiger partial charge in [-0.3, -0.25) is 9.89 Å². The first-order valence-electron chi connectivity index (χ1n) is 14.0. The fourth-order valence-electron chi connectivity index (χ4n) is 5.81. The SMILES string of the molecule is Cc1cc2[nH]ncc2c(-c2[nH]c(=O)c3c(N[C@H](C)c4cc(F)cnc4N)nc(OC[C@H]4CCCN4C)nc3c2F)c1C(F)(F)F. The number of pyridine rings is 2. The van der Waals surface area contributed by atoms with Crippen LogP contribution in [-0.4, -0.2) is 61.3 Å². The number of hydrogen-bond acceptors (Lipinski definition) is 9. The Morgan fingerprint density at radius 2 is 2.00 bits per heavy atom. The number of aromatic amines is 2. The molecule has 236 valence electrons. The van der Waals surface area contributed by atoms with Crippen molar-refractivity contribution in [3.05, 3.63) is 63.2 Å². The van der Waals surface area contributed by atoms with E-state index in [4.69, 9.17) is 10.5 Å². The first kappa shape index (κ1) is 30.2. The highest BCUT2D eigenvalue weighted by Gasteiger charge is 2.38. The van der Waals surface area contributed by atoms with E-state index < -0.39 is 51.7 Å². The van der Waals surface area contributed by atoms with E-state index in [2.05, 4.69) is 40.3 Å². The van der Waals surface area contributed by atoms with Crippen molar-refractivity contribution in [1.29, 1.82) is 0 Å². The number of nitrogens with one attached hydrogen (secondary N) is 3. The number of alkyl halides is 3. The van der Waals surface area contributed by atoms with Crippen LogP contribution in [0.25, 0.3) is 33.1 Å². The molecule has 5 aromatic rings. The zero-order valence-electron chi connectivity index (χ0n) is 24.3. The lowest BCUT2D eigenvalue weighted by Gasteiger charge is -2.21. The molecule has 1 aliphatic heterocycles. The molecule has 1 saturated heterocycles. The molecule has 0 unspecified atom stereocenters. The summed E-state index contributed by atoms with van der Waals surface area (Å²) < 4.78 is 79.7. The lowest BCUT2D eigenvalue weighted by atomic mass is 9.94. The second-order valence-corrected chi connectivity index (χ2v) is 11.1. The van der Waals surface area contributed by atoms with Gasteiger partial charge in [0.25, 0.3) is 5.56 Å². The molecule has 2 atom stereocenters. The van der Waals surface area contributed by atoms with Crippen LogP contribution in [0.2, 0.25) is 0 Å². The Morgan fingerprint density at radius 1 is 1.22 bits per heavy atom. The van der Waals surface area contributed by atoms with Crippen LogP contribution >= 0.6 is 0 Å². The molecule has 0 saturated carbocycles. The topological polar surface area (TPSA) is 151 Å². The number of anilines is 2. The Balaban J connectivity index is 1.56. The number of likely N-dealkylation sites (tertiary alicyclic amines) is 1. The van der Waals surface area contributed by atoms with E-state index in [1.807, 2.05) is 7.05 Å². The van der Waals surface area contributed by atoms with Gasteiger partial charge in [0.15, 0.2) is 5.82 Å². The highest BCUT2D eigenvalue weighted by atomic mass is 19.4. The van der Waals surface area contributed by atoms with E-state index in [0.717, 1.165) is 37.8 Å². The molecule has 5 N–H and O–H groups in total. The number of fused-ring (bicyclic) bond motifs is 2. The molecule has 1 aliphatic rings. The first-order valence-corrected chi connectivity index (χ1v) is 14.0. The van der Waals surface area contributed by atoms with Crippen molar-refractivity contribution in [3.63, 3.8) is 0 Å². The van der Waals surface area contributed by atoms with Gasteiger partial charge in [-0.2, -0.15) is 28.2 Å². The Morgan fingerprint density at radius 3 is 2.71 bits per heavy atom. The van der Waals surface area contributed by atoms with Crippen LogP contribution in [0.1, 0.15) is 42.5 Å². The lowest BCUT2D eigenvalue weighted by Crippen LogP contribution is -2.31. The average Bonchev–Trinajstić information content (AvgIpc) is 3.61. The third-order valence-corrected chi connectivity index (χ3v) is 8.07. The molecule has 1 fully saturated rings. The number of halogens is 5. The van der Waals surface area contributed by atoms with Gasteiger partial charge in [-0.25, -0.2) is 13.8 Å². The molecule has 6 rings (SSSR count). The van der Waals surface area contributed by atoms with Crippen LogP contribution in [0, 0.1) is 18.6 Å². The minimum absolute atomic E-state index is 0.00105. The zero-order valence-corrected chi connectivity index (χ0v) is 24.3. The van der Waals surface area contributed by atoms with Gasteiger partial charge in [-0.1, -0.05) is 0 Å². The quantitative estimate of drug-likeness (QED) is 0.181. The largest absolute Gasteiger partial charge is 0.462 e. The minimum atomic E-state index is -4.91. The molecule has 1 aromatic carbocycles. The van der Waals surface area contributed by atoms with E-state index in [1.165, 1.54) is 13.0 Å². The van der Waals surface area contributed by atoms with Crippen molar-refractivity contribution < 1.29 is 26.7 Å². The maximum atomic E-state index is 16.6. The molecule has 0 aliphatic carbocycles. The summed E-state index contributed by atoms with van der Waals surface area (Å²) >= 11 is 0. The van der Waals surface area contributed by atoms with E-state index in [1.54, 1.807) is 6.92 Å². The van der Waals surface area contributed by atoms with E-state index in [-0.39, 0.29) is 57.7 Å². The Hall–Kier alpha value is -4.86. The number of ether oxygens (including phenoxy) is 1. The number of nitrogens with zero attached hydrogens (tertiary/aromatic N) is 5. The Bertz CT molecular complexity index is 1990. The molecule has 0 amide bonds. The first-order chi connectivity index (χ1) is 21.3. The Kier molecular flexibility index (Phi) is 7.54. The predicted octanol–water partition coefficient (Wildman–Crippen LogP) is 5.09. The summed E-state index contributed by atoms with van der Waals surface area (Å²) in [7, 11) is 1.93. The molecule has 45 heavy (non-hydrogen) atoms. The normalized spacial score (nSPS) is 16.5. The third kappa shape index (κ3) is 5.49. The number of benzene rings is 1. The maximum absolute atomic E-state index is 16.6. The summed E-state index contributed by atoms with van der Waals surface area (Å²) in [5.74, 6) is -2.11. The molecule has 0 spiro atoms. The van der Waals surface area contributed by atoms with Crippen molar-refractivity contribution in [2.24, 2.45) is 0 Å². The van der Waals surface area contributed by atoms with Crippen LogP contribution in [0.15, 0.2) is 29.3 Å². The summed E-state index contributed by atoms with van der Waals surface area (Å²) in [6.45, 7) is 3.81. The highest BCUT2D eigenvalue weighted by Crippen LogP contribution is 2.44. The molecule has 0 bridgehead atoms. The van der Waals surface area contributed by atoms with Gasteiger partial charge in [-0.15, -0.1) is 0 Å². The second-order valence-electron chi connectivity index (χ2n) is 11.1. The number of aromatic nitrogens is 6. The van der Waals surface area contributed by atoms with Gasteiger partial charge in [0.05, 0.1) is 35.2 Å². The molecule has 0 radical (unpaired) electrons. The lowest BCUT2D eigenvalue weighted by molar-refractivity contribution is -0.137. The number of rotatable bonds is 7. The minimum Gasteiger partial charge on any atom is -0.462 e. The average molecular weight is 630 g/mol. The van der Waals surface area contributed by atoms with Gasteiger partial charge in [-0.05, 0) is 58.0 Å². The monoisotopic (exact) mass is 629 g/mol. The van der Waals surface area contributed by atoms with Gasteiger partial charge in [0.2, 0.25) is 0 Å². The smallest absolute Gasteiger partial charge is 0.417 e. The van der Waals surface area contributed by atoms with Crippen LogP contribution in [0.3, 0.4) is 0 Å². The predicted molar refractivity (Wildman–Crippen MR) is 157 cm³/mol. The summed E-state index contributed by atoms with van der Waals surface area (Å²) in [4.78, 5) is 30.3. The molecule has 16 heteroatoms. The maximum Gasteiger partial charge on any atom is 0.417 e. The van der Waals surface area contributed by atoms with E-state index in [0.29, 0.717) is 0 Å². The van der Waals surface area contributed by atoms with E-state index >= 15 is 4.39 Å². The van der Waals surface area contributed by atoms with Crippen molar-refractivity contribution in [2.75, 3.05) is 31.2 Å². The molecule has 4 aromatic heterocycles. The van der Waals surface area contributed by atoms with Crippen LogP contribution in [-0.2, 0) is 6.18 Å². The van der Waals surface area contributed by atoms with Gasteiger partial charge < -0.3 is 25.7 Å². The summed E-state index contributed by atoms with van der Waals surface area (Å²) in [6, 6.07) is 1.30. The second kappa shape index (κ2) is 11.3. The molecular formula is C29H28F5N9O2. The van der Waals surface area contributed by atoms with Crippen molar-refractivity contribution in [1.82, 2.24) is 35.0 Å². The molecule has 11 nitrogen and oxygen atoms in total. The fraction of sp³-hybridized carbons (Fsp3) is 0.345. The molecule has 5 heterocycles. The summed E-state index contributed by atoms with van der Waals surface area (Å²) in [6.07, 6.45) is -1.05. The Labute approximate surface area is 252 Å². The molecular weight excluding hydrogens is 601 g/mol. The van der Waals surface area contributed by atoms with E-state index in [9.17, 15) is 22.4 Å². The third-order valence-electron chi connectivity index (χ3n) is 8.07.